The first-order valence-electron chi connectivity index (χ1n) is 8.85. The Morgan fingerprint density at radius 1 is 1.33 bits per heavy atom. The molecule has 24 heavy (non-hydrogen) atoms. The first kappa shape index (κ1) is 15.4. The van der Waals surface area contributed by atoms with Gasteiger partial charge in [0.25, 0.3) is 0 Å². The maximum Gasteiger partial charge on any atom is 0.325 e. The van der Waals surface area contributed by atoms with Crippen LogP contribution in [-0.4, -0.2) is 33.3 Å². The summed E-state index contributed by atoms with van der Waals surface area (Å²) < 4.78 is 0. The first-order valence-corrected chi connectivity index (χ1v) is 8.85. The molecule has 1 aromatic heterocycles. The Kier molecular flexibility index (Phi) is 3.66. The van der Waals surface area contributed by atoms with Crippen LogP contribution in [0.2, 0.25) is 0 Å². The Labute approximate surface area is 142 Å². The van der Waals surface area contributed by atoms with Gasteiger partial charge in [0.05, 0.1) is 11.4 Å². The SMILES string of the molecule is CC(C)C1=NN(CC(=O)O)C(=C2CCC2)c2cnc(C3CC3)cc21. The van der Waals surface area contributed by atoms with Crippen LogP contribution in [0.5, 0.6) is 0 Å². The van der Waals surface area contributed by atoms with Gasteiger partial charge in [-0.3, -0.25) is 14.8 Å². The van der Waals surface area contributed by atoms with Crippen molar-refractivity contribution in [2.24, 2.45) is 11.0 Å². The van der Waals surface area contributed by atoms with E-state index in [0.29, 0.717) is 5.92 Å². The van der Waals surface area contributed by atoms with Crippen LogP contribution in [0, 0.1) is 5.92 Å². The van der Waals surface area contributed by atoms with E-state index < -0.39 is 5.97 Å². The van der Waals surface area contributed by atoms with E-state index in [9.17, 15) is 9.90 Å². The van der Waals surface area contributed by atoms with Crippen molar-refractivity contribution >= 4 is 17.4 Å². The number of carbonyl (C=O) groups is 1. The van der Waals surface area contributed by atoms with E-state index in [-0.39, 0.29) is 12.5 Å². The summed E-state index contributed by atoms with van der Waals surface area (Å²) in [5, 5.41) is 15.7. The fourth-order valence-electron chi connectivity index (χ4n) is 3.48. The van der Waals surface area contributed by atoms with Gasteiger partial charge in [0, 0.05) is 28.9 Å². The van der Waals surface area contributed by atoms with Crippen LogP contribution >= 0.6 is 0 Å². The molecule has 1 aliphatic heterocycles. The molecule has 0 atom stereocenters. The Hall–Kier alpha value is -2.17. The molecule has 2 aliphatic carbocycles. The molecule has 0 aromatic carbocycles. The second kappa shape index (κ2) is 5.72. The highest BCUT2D eigenvalue weighted by Crippen LogP contribution is 2.43. The molecule has 0 radical (unpaired) electrons. The lowest BCUT2D eigenvalue weighted by molar-refractivity contribution is -0.137. The highest BCUT2D eigenvalue weighted by atomic mass is 16.4. The third kappa shape index (κ3) is 2.62. The fourth-order valence-corrected chi connectivity index (χ4v) is 3.48. The Balaban J connectivity index is 1.87. The second-order valence-electron chi connectivity index (χ2n) is 7.33. The number of carboxylic acid groups (broad SMARTS) is 1. The van der Waals surface area contributed by atoms with Gasteiger partial charge >= 0.3 is 5.97 Å². The molecule has 2 saturated carbocycles. The smallest absolute Gasteiger partial charge is 0.325 e. The quantitative estimate of drug-likeness (QED) is 0.918. The normalized spacial score (nSPS) is 20.0. The minimum atomic E-state index is -0.856. The summed E-state index contributed by atoms with van der Waals surface area (Å²) in [6.45, 7) is 4.12. The lowest BCUT2D eigenvalue weighted by Crippen LogP contribution is -2.33. The van der Waals surface area contributed by atoms with Crippen LogP contribution in [-0.2, 0) is 4.79 Å². The molecule has 0 spiro atoms. The van der Waals surface area contributed by atoms with Crippen molar-refractivity contribution in [1.29, 1.82) is 0 Å². The fraction of sp³-hybridized carbons (Fsp3) is 0.526. The van der Waals surface area contributed by atoms with Gasteiger partial charge in [-0.15, -0.1) is 0 Å². The summed E-state index contributed by atoms with van der Waals surface area (Å²) in [5.74, 6) is -0.0201. The molecule has 2 fully saturated rings. The molecule has 4 rings (SSSR count). The van der Waals surface area contributed by atoms with Crippen LogP contribution in [0.3, 0.4) is 0 Å². The zero-order valence-corrected chi connectivity index (χ0v) is 14.2. The molecule has 126 valence electrons. The summed E-state index contributed by atoms with van der Waals surface area (Å²) in [6, 6.07) is 2.20. The van der Waals surface area contributed by atoms with Crippen molar-refractivity contribution in [1.82, 2.24) is 9.99 Å². The van der Waals surface area contributed by atoms with Crippen LogP contribution in [0.1, 0.15) is 68.7 Å². The van der Waals surface area contributed by atoms with Crippen LogP contribution in [0.15, 0.2) is 22.9 Å². The average Bonchev–Trinajstić information content (AvgIpc) is 3.30. The number of fused-ring (bicyclic) bond motifs is 1. The number of pyridine rings is 1. The van der Waals surface area contributed by atoms with Crippen LogP contribution in [0.4, 0.5) is 0 Å². The summed E-state index contributed by atoms with van der Waals surface area (Å²) in [6.07, 6.45) is 7.63. The van der Waals surface area contributed by atoms with E-state index in [1.165, 1.54) is 24.8 Å². The van der Waals surface area contributed by atoms with Gasteiger partial charge in [0.1, 0.15) is 6.54 Å². The van der Waals surface area contributed by atoms with Crippen molar-refractivity contribution in [3.05, 3.63) is 34.7 Å². The molecule has 0 saturated heterocycles. The second-order valence-corrected chi connectivity index (χ2v) is 7.33. The maximum absolute atomic E-state index is 11.3. The largest absolute Gasteiger partial charge is 0.480 e. The summed E-state index contributed by atoms with van der Waals surface area (Å²) in [5.41, 5.74) is 6.64. The summed E-state index contributed by atoms with van der Waals surface area (Å²) >= 11 is 0. The monoisotopic (exact) mass is 325 g/mol. The van der Waals surface area contributed by atoms with Gasteiger partial charge in [-0.1, -0.05) is 13.8 Å². The third-order valence-corrected chi connectivity index (χ3v) is 5.06. The minimum absolute atomic E-state index is 0.0983. The molecule has 5 nitrogen and oxygen atoms in total. The van der Waals surface area contributed by atoms with Gasteiger partial charge in [0.15, 0.2) is 0 Å². The van der Waals surface area contributed by atoms with E-state index >= 15 is 0 Å². The highest BCUT2D eigenvalue weighted by molar-refractivity contribution is 6.07. The number of allylic oxidation sites excluding steroid dienone is 1. The van der Waals surface area contributed by atoms with E-state index in [0.717, 1.165) is 41.1 Å². The van der Waals surface area contributed by atoms with E-state index in [2.05, 4.69) is 24.9 Å². The number of hydrogen-bond donors (Lipinski definition) is 1. The molecular weight excluding hydrogens is 302 g/mol. The zero-order chi connectivity index (χ0) is 16.8. The third-order valence-electron chi connectivity index (χ3n) is 5.06. The Morgan fingerprint density at radius 3 is 2.62 bits per heavy atom. The van der Waals surface area contributed by atoms with E-state index in [4.69, 9.17) is 5.10 Å². The lowest BCUT2D eigenvalue weighted by Gasteiger charge is -2.34. The molecular formula is C19H23N3O2. The van der Waals surface area contributed by atoms with Gasteiger partial charge in [-0.05, 0) is 49.7 Å². The highest BCUT2D eigenvalue weighted by Gasteiger charge is 2.33. The molecule has 3 aliphatic rings. The van der Waals surface area contributed by atoms with Crippen LogP contribution < -0.4 is 0 Å². The standard InChI is InChI=1S/C19H23N3O2/c1-11(2)18-14-8-16(12-6-7-12)20-9-15(14)19(13-4-3-5-13)22(21-18)10-17(23)24/h8-9,11-12H,3-7,10H2,1-2H3,(H,23,24). The van der Waals surface area contributed by atoms with Gasteiger partial charge in [-0.25, -0.2) is 0 Å². The van der Waals surface area contributed by atoms with Crippen molar-refractivity contribution in [2.45, 2.75) is 51.9 Å². The van der Waals surface area contributed by atoms with Crippen molar-refractivity contribution in [3.8, 4) is 0 Å². The predicted octanol–water partition coefficient (Wildman–Crippen LogP) is 3.61. The van der Waals surface area contributed by atoms with E-state index in [1.807, 2.05) is 6.20 Å². The van der Waals surface area contributed by atoms with Gasteiger partial charge in [0.2, 0.25) is 0 Å². The molecule has 0 bridgehead atoms. The number of hydrazone groups is 1. The minimum Gasteiger partial charge on any atom is -0.480 e. The molecule has 2 heterocycles. The average molecular weight is 325 g/mol. The Morgan fingerprint density at radius 2 is 2.08 bits per heavy atom. The zero-order valence-electron chi connectivity index (χ0n) is 14.2. The Bertz CT molecular complexity index is 754. The number of nitrogens with zero attached hydrogens (tertiary/aromatic N) is 3. The molecule has 0 unspecified atom stereocenters. The molecule has 1 aromatic rings. The molecule has 0 amide bonds. The summed E-state index contributed by atoms with van der Waals surface area (Å²) in [7, 11) is 0. The topological polar surface area (TPSA) is 65.8 Å². The summed E-state index contributed by atoms with van der Waals surface area (Å²) in [4.78, 5) is 16.0. The lowest BCUT2D eigenvalue weighted by atomic mass is 9.84. The number of hydrogen-bond acceptors (Lipinski definition) is 4. The maximum atomic E-state index is 11.3. The molecule has 5 heteroatoms. The van der Waals surface area contributed by atoms with Crippen molar-refractivity contribution < 1.29 is 9.90 Å². The van der Waals surface area contributed by atoms with Crippen molar-refractivity contribution in [2.75, 3.05) is 6.54 Å². The number of carboxylic acids is 1. The van der Waals surface area contributed by atoms with Gasteiger partial charge in [-0.2, -0.15) is 5.10 Å². The van der Waals surface area contributed by atoms with E-state index in [1.54, 1.807) is 5.01 Å². The first-order chi connectivity index (χ1) is 11.5. The molecule has 1 N–H and O–H groups in total. The van der Waals surface area contributed by atoms with Crippen molar-refractivity contribution in [3.63, 3.8) is 0 Å². The van der Waals surface area contributed by atoms with Gasteiger partial charge < -0.3 is 5.11 Å². The number of rotatable bonds is 4. The predicted molar refractivity (Wildman–Crippen MR) is 92.7 cm³/mol. The number of aromatic nitrogens is 1. The number of aliphatic carboxylic acids is 1. The van der Waals surface area contributed by atoms with Crippen LogP contribution in [0.25, 0.3) is 5.70 Å².